The Balaban J connectivity index is 1.99. The van der Waals surface area contributed by atoms with Crippen molar-refractivity contribution in [3.8, 4) is 5.75 Å². The first-order chi connectivity index (χ1) is 15.3. The van der Waals surface area contributed by atoms with Crippen molar-refractivity contribution in [2.75, 3.05) is 13.2 Å². The van der Waals surface area contributed by atoms with E-state index in [2.05, 4.69) is 20.9 Å². The highest BCUT2D eigenvalue weighted by molar-refractivity contribution is 14.1. The fourth-order valence-electron chi connectivity index (χ4n) is 2.70. The van der Waals surface area contributed by atoms with Gasteiger partial charge in [0.15, 0.2) is 6.61 Å². The number of carboxylic acid groups (broad SMARTS) is 1. The number of aliphatic carboxylic acids is 1. The van der Waals surface area contributed by atoms with Crippen LogP contribution in [-0.2, 0) is 14.3 Å². The molecule has 2 aromatic rings. The maximum atomic E-state index is 12.5. The minimum absolute atomic E-state index is 0.0159. The maximum Gasteiger partial charge on any atom is 0.344 e. The first kappa shape index (κ1) is 24.3. The molecule has 2 N–H and O–H groups in total. The average Bonchev–Trinajstić information content (AvgIpc) is 3.02. The summed E-state index contributed by atoms with van der Waals surface area (Å²) in [5.74, 6) is -1.52. The first-order valence-electron chi connectivity index (χ1n) is 9.28. The van der Waals surface area contributed by atoms with E-state index in [4.69, 9.17) is 14.6 Å². The number of benzene rings is 2. The Kier molecular flexibility index (Phi) is 8.38. The summed E-state index contributed by atoms with van der Waals surface area (Å²) in [6.07, 6.45) is 1.71. The van der Waals surface area contributed by atoms with E-state index >= 15 is 0 Å². The zero-order valence-electron chi connectivity index (χ0n) is 16.7. The minimum atomic E-state index is -1.08. The highest BCUT2D eigenvalue weighted by Crippen LogP contribution is 2.41. The zero-order valence-corrected chi connectivity index (χ0v) is 21.2. The van der Waals surface area contributed by atoms with Crippen LogP contribution in [0.25, 0.3) is 6.08 Å². The molecule has 1 aliphatic rings. The lowest BCUT2D eigenvalue weighted by atomic mass is 10.1. The summed E-state index contributed by atoms with van der Waals surface area (Å²) >= 11 is 6.59. The van der Waals surface area contributed by atoms with E-state index < -0.39 is 18.5 Å². The number of thioether (sulfide) groups is 1. The largest absolute Gasteiger partial charge is 0.506 e. The molecule has 166 valence electrons. The van der Waals surface area contributed by atoms with Crippen LogP contribution in [0, 0.1) is 3.57 Å². The van der Waals surface area contributed by atoms with Crippen molar-refractivity contribution in [3.05, 3.63) is 72.3 Å². The van der Waals surface area contributed by atoms with E-state index in [1.54, 1.807) is 37.3 Å². The molecule has 0 bridgehead atoms. The van der Waals surface area contributed by atoms with Gasteiger partial charge < -0.3 is 19.7 Å². The molecule has 0 fully saturated rings. The number of aliphatic imine (C=N–C) groups is 1. The van der Waals surface area contributed by atoms with Crippen molar-refractivity contribution in [1.82, 2.24) is 0 Å². The molecule has 3 rings (SSSR count). The molecule has 0 radical (unpaired) electrons. The fraction of sp³-hybridized carbons (Fsp3) is 0.136. The van der Waals surface area contributed by atoms with Gasteiger partial charge >= 0.3 is 11.9 Å². The number of carboxylic acids is 1. The van der Waals surface area contributed by atoms with Gasteiger partial charge in [0.05, 0.1) is 25.2 Å². The molecule has 10 heteroatoms. The topological polar surface area (TPSA) is 105 Å². The van der Waals surface area contributed by atoms with Crippen LogP contribution in [0.15, 0.2) is 68.2 Å². The molecule has 1 heterocycles. The lowest BCUT2D eigenvalue weighted by Gasteiger charge is -2.10. The normalized spacial score (nSPS) is 16.0. The van der Waals surface area contributed by atoms with E-state index in [-0.39, 0.29) is 17.9 Å². The van der Waals surface area contributed by atoms with E-state index in [0.29, 0.717) is 35.0 Å². The Morgan fingerprint density at radius 3 is 2.59 bits per heavy atom. The maximum absolute atomic E-state index is 12.5. The molecule has 32 heavy (non-hydrogen) atoms. The number of para-hydroxylation sites is 1. The van der Waals surface area contributed by atoms with Crippen molar-refractivity contribution in [2.24, 2.45) is 4.99 Å². The summed E-state index contributed by atoms with van der Waals surface area (Å²) < 4.78 is 11.7. The molecular formula is C22H17BrINO6S. The van der Waals surface area contributed by atoms with Crippen LogP contribution in [0.4, 0.5) is 5.69 Å². The molecule has 0 saturated heterocycles. The van der Waals surface area contributed by atoms with Gasteiger partial charge in [0.1, 0.15) is 22.1 Å². The van der Waals surface area contributed by atoms with Gasteiger partial charge in [-0.2, -0.15) is 0 Å². The number of halogens is 2. The molecule has 0 spiro atoms. The van der Waals surface area contributed by atoms with Crippen LogP contribution in [0.3, 0.4) is 0 Å². The fourth-order valence-corrected chi connectivity index (χ4v) is 5.50. The molecule has 2 aromatic carbocycles. The van der Waals surface area contributed by atoms with Crippen LogP contribution in [-0.4, -0.2) is 40.4 Å². The highest BCUT2D eigenvalue weighted by Gasteiger charge is 2.33. The van der Waals surface area contributed by atoms with Gasteiger partial charge in [-0.3, -0.25) is 0 Å². The van der Waals surface area contributed by atoms with E-state index in [1.165, 1.54) is 0 Å². The molecular weight excluding hydrogens is 613 g/mol. The van der Waals surface area contributed by atoms with Gasteiger partial charge in [0.25, 0.3) is 0 Å². The molecule has 0 atom stereocenters. The van der Waals surface area contributed by atoms with Gasteiger partial charge in [-0.25, -0.2) is 14.6 Å². The summed E-state index contributed by atoms with van der Waals surface area (Å²) in [5, 5.41) is 20.0. The van der Waals surface area contributed by atoms with Crippen molar-refractivity contribution in [2.45, 2.75) is 6.92 Å². The minimum Gasteiger partial charge on any atom is -0.506 e. The number of carbonyl (C=O) groups is 2. The first-order valence-corrected chi connectivity index (χ1v) is 12.0. The number of aliphatic hydroxyl groups is 1. The van der Waals surface area contributed by atoms with Gasteiger partial charge in [-0.1, -0.05) is 30.0 Å². The number of carbonyl (C=O) groups excluding carboxylic acids is 1. The summed E-state index contributed by atoms with van der Waals surface area (Å²) in [4.78, 5) is 28.2. The number of rotatable bonds is 7. The predicted molar refractivity (Wildman–Crippen MR) is 135 cm³/mol. The monoisotopic (exact) mass is 629 g/mol. The molecule has 0 aliphatic carbocycles. The van der Waals surface area contributed by atoms with Crippen LogP contribution in [0.1, 0.15) is 12.5 Å². The molecule has 0 aromatic heterocycles. The number of hydrogen-bond donors (Lipinski definition) is 2. The lowest BCUT2D eigenvalue weighted by molar-refractivity contribution is -0.139. The summed E-state index contributed by atoms with van der Waals surface area (Å²) in [5.41, 5.74) is 1.37. The lowest BCUT2D eigenvalue weighted by Crippen LogP contribution is -2.12. The Hall–Kier alpha value is -2.31. The van der Waals surface area contributed by atoms with Crippen molar-refractivity contribution < 1.29 is 29.3 Å². The highest BCUT2D eigenvalue weighted by atomic mass is 127. The second kappa shape index (κ2) is 11.0. The van der Waals surface area contributed by atoms with E-state index in [1.807, 2.05) is 40.8 Å². The van der Waals surface area contributed by atoms with Crippen LogP contribution in [0.2, 0.25) is 0 Å². The van der Waals surface area contributed by atoms with Crippen molar-refractivity contribution in [1.29, 1.82) is 0 Å². The molecule has 0 saturated carbocycles. The number of hydrogen-bond acceptors (Lipinski definition) is 7. The van der Waals surface area contributed by atoms with Gasteiger partial charge in [-0.15, -0.1) is 0 Å². The third-order valence-corrected chi connectivity index (χ3v) is 6.43. The average molecular weight is 630 g/mol. The summed E-state index contributed by atoms with van der Waals surface area (Å²) in [7, 11) is 0. The zero-order chi connectivity index (χ0) is 23.3. The second-order valence-corrected chi connectivity index (χ2v) is 9.35. The SMILES string of the molecule is CCOC(=O)C1=C(O)/C(=C/c2cc(Br)c(OCC(=O)O)c(I)c2)SC1=Nc1ccccc1. The molecule has 7 nitrogen and oxygen atoms in total. The smallest absolute Gasteiger partial charge is 0.344 e. The Morgan fingerprint density at radius 1 is 1.25 bits per heavy atom. The third-order valence-electron chi connectivity index (χ3n) is 4.02. The Bertz CT molecular complexity index is 1120. The summed E-state index contributed by atoms with van der Waals surface area (Å²) in [6.45, 7) is 1.40. The van der Waals surface area contributed by atoms with Crippen LogP contribution in [0.5, 0.6) is 5.75 Å². The molecule has 0 amide bonds. The standard InChI is InChI=1S/C22H17BrINO6S/c1-2-30-22(29)18-19(28)16(32-21(18)25-13-6-4-3-5-7-13)10-12-8-14(23)20(15(24)9-12)31-11-17(26)27/h3-10,28H,2,11H2,1H3,(H,26,27)/b16-10-,25-21?. The summed E-state index contributed by atoms with van der Waals surface area (Å²) in [6, 6.07) is 12.6. The van der Waals surface area contributed by atoms with Crippen molar-refractivity contribution in [3.63, 3.8) is 0 Å². The predicted octanol–water partition coefficient (Wildman–Crippen LogP) is 5.71. The number of ether oxygens (including phenoxy) is 2. The molecule has 0 unspecified atom stereocenters. The van der Waals surface area contributed by atoms with Gasteiger partial charge in [-0.05, 0) is 81.3 Å². The Labute approximate surface area is 210 Å². The Morgan fingerprint density at radius 2 is 1.97 bits per heavy atom. The third kappa shape index (κ3) is 5.93. The quantitative estimate of drug-likeness (QED) is 0.299. The second-order valence-electron chi connectivity index (χ2n) is 6.30. The molecule has 1 aliphatic heterocycles. The number of aliphatic hydroxyl groups excluding tert-OH is 1. The number of nitrogens with zero attached hydrogens (tertiary/aromatic N) is 1. The van der Waals surface area contributed by atoms with Crippen molar-refractivity contribution >= 4 is 79.0 Å². The van der Waals surface area contributed by atoms with Gasteiger partial charge in [0.2, 0.25) is 0 Å². The number of esters is 1. The van der Waals surface area contributed by atoms with E-state index in [0.717, 1.165) is 11.8 Å². The van der Waals surface area contributed by atoms with Gasteiger partial charge in [0, 0.05) is 0 Å². The van der Waals surface area contributed by atoms with Crippen LogP contribution < -0.4 is 4.74 Å². The van der Waals surface area contributed by atoms with Crippen LogP contribution >= 0.6 is 50.3 Å². The van der Waals surface area contributed by atoms with E-state index in [9.17, 15) is 14.7 Å².